The summed E-state index contributed by atoms with van der Waals surface area (Å²) < 4.78 is 10.4. The monoisotopic (exact) mass is 324 g/mol. The van der Waals surface area contributed by atoms with Gasteiger partial charge in [-0.1, -0.05) is 18.2 Å². The number of methoxy groups -OCH3 is 2. The zero-order valence-electron chi connectivity index (χ0n) is 13.2. The Balaban J connectivity index is 2.04. The molecule has 0 saturated carbocycles. The highest BCUT2D eigenvalue weighted by atomic mass is 16.5. The second-order valence-corrected chi connectivity index (χ2v) is 5.09. The smallest absolute Gasteiger partial charge is 0.339 e. The molecule has 6 heteroatoms. The highest BCUT2D eigenvalue weighted by Crippen LogP contribution is 2.32. The summed E-state index contributed by atoms with van der Waals surface area (Å²) in [5, 5.41) is 17.1. The van der Waals surface area contributed by atoms with Crippen molar-refractivity contribution in [3.05, 3.63) is 53.2 Å². The second kappa shape index (κ2) is 6.45. The van der Waals surface area contributed by atoms with Gasteiger partial charge in [-0.25, -0.2) is 4.79 Å². The minimum Gasteiger partial charge on any atom is -0.497 e. The summed E-state index contributed by atoms with van der Waals surface area (Å²) >= 11 is 0. The number of fused-ring (bicyclic) bond motifs is 1. The van der Waals surface area contributed by atoms with Gasteiger partial charge < -0.3 is 14.6 Å². The van der Waals surface area contributed by atoms with E-state index in [-0.39, 0.29) is 5.56 Å². The van der Waals surface area contributed by atoms with Crippen LogP contribution in [0.25, 0.3) is 23.1 Å². The van der Waals surface area contributed by atoms with Gasteiger partial charge >= 0.3 is 5.97 Å². The number of rotatable bonds is 5. The van der Waals surface area contributed by atoms with Crippen LogP contribution >= 0.6 is 0 Å². The van der Waals surface area contributed by atoms with Gasteiger partial charge in [0.05, 0.1) is 30.8 Å². The molecule has 0 aliphatic carbocycles. The molecular formula is C18H16N2O4. The molecule has 2 N–H and O–H groups in total. The number of H-pyrrole nitrogens is 1. The average Bonchev–Trinajstić information content (AvgIpc) is 3.02. The van der Waals surface area contributed by atoms with Crippen LogP contribution in [-0.4, -0.2) is 35.5 Å². The van der Waals surface area contributed by atoms with E-state index in [1.807, 2.05) is 36.4 Å². The molecule has 0 aliphatic rings. The lowest BCUT2D eigenvalue weighted by atomic mass is 10.1. The largest absolute Gasteiger partial charge is 0.497 e. The summed E-state index contributed by atoms with van der Waals surface area (Å²) in [5.74, 6) is 0.0371. The Labute approximate surface area is 138 Å². The number of aromatic nitrogens is 2. The number of aromatic carboxylic acids is 1. The van der Waals surface area contributed by atoms with Crippen LogP contribution in [0.3, 0.4) is 0 Å². The summed E-state index contributed by atoms with van der Waals surface area (Å²) in [6, 6.07) is 10.7. The van der Waals surface area contributed by atoms with Crippen molar-refractivity contribution in [1.29, 1.82) is 0 Å². The first-order chi connectivity index (χ1) is 11.6. The van der Waals surface area contributed by atoms with E-state index in [2.05, 4.69) is 10.2 Å². The molecule has 0 atom stereocenters. The first-order valence-electron chi connectivity index (χ1n) is 7.24. The zero-order chi connectivity index (χ0) is 17.1. The fourth-order valence-electron chi connectivity index (χ4n) is 2.50. The number of nitrogens with one attached hydrogen (secondary N) is 1. The Morgan fingerprint density at radius 1 is 1.08 bits per heavy atom. The Morgan fingerprint density at radius 2 is 1.83 bits per heavy atom. The van der Waals surface area contributed by atoms with Gasteiger partial charge in [-0.2, -0.15) is 5.10 Å². The van der Waals surface area contributed by atoms with Crippen LogP contribution in [0.5, 0.6) is 11.5 Å². The number of hydrogen-bond donors (Lipinski definition) is 2. The Morgan fingerprint density at radius 3 is 2.46 bits per heavy atom. The van der Waals surface area contributed by atoms with Gasteiger partial charge in [-0.3, -0.25) is 5.10 Å². The molecule has 24 heavy (non-hydrogen) atoms. The highest BCUT2D eigenvalue weighted by Gasteiger charge is 2.17. The number of carbonyl (C=O) groups is 1. The number of benzene rings is 2. The molecule has 2 aromatic carbocycles. The molecule has 6 nitrogen and oxygen atoms in total. The van der Waals surface area contributed by atoms with Gasteiger partial charge in [0.25, 0.3) is 0 Å². The van der Waals surface area contributed by atoms with Gasteiger partial charge in [0.2, 0.25) is 0 Å². The van der Waals surface area contributed by atoms with E-state index in [1.165, 1.54) is 13.2 Å². The van der Waals surface area contributed by atoms with E-state index in [0.29, 0.717) is 22.3 Å². The molecule has 3 aromatic rings. The van der Waals surface area contributed by atoms with Crippen LogP contribution in [0, 0.1) is 0 Å². The number of carboxylic acid groups (broad SMARTS) is 1. The number of carboxylic acids is 1. The van der Waals surface area contributed by atoms with Crippen LogP contribution in [0.4, 0.5) is 0 Å². The average molecular weight is 324 g/mol. The quantitative estimate of drug-likeness (QED) is 0.751. The molecule has 1 aromatic heterocycles. The molecule has 3 rings (SSSR count). The summed E-state index contributed by atoms with van der Waals surface area (Å²) in [4.78, 5) is 11.4. The van der Waals surface area contributed by atoms with E-state index in [9.17, 15) is 9.90 Å². The number of hydrogen-bond acceptors (Lipinski definition) is 4. The van der Waals surface area contributed by atoms with Crippen LogP contribution < -0.4 is 9.47 Å². The van der Waals surface area contributed by atoms with Crippen molar-refractivity contribution >= 4 is 29.0 Å². The molecular weight excluding hydrogens is 308 g/mol. The third-order valence-electron chi connectivity index (χ3n) is 3.69. The Bertz CT molecular complexity index is 911. The topological polar surface area (TPSA) is 84.4 Å². The molecule has 0 amide bonds. The van der Waals surface area contributed by atoms with E-state index in [4.69, 9.17) is 9.47 Å². The summed E-state index contributed by atoms with van der Waals surface area (Å²) in [6.07, 6.45) is 3.74. The first-order valence-corrected chi connectivity index (χ1v) is 7.24. The highest BCUT2D eigenvalue weighted by molar-refractivity contribution is 6.02. The first kappa shape index (κ1) is 15.6. The van der Waals surface area contributed by atoms with Gasteiger partial charge in [-0.05, 0) is 35.9 Å². The van der Waals surface area contributed by atoms with Crippen molar-refractivity contribution in [2.45, 2.75) is 0 Å². The third-order valence-corrected chi connectivity index (χ3v) is 3.69. The minimum absolute atomic E-state index is 0.102. The maximum absolute atomic E-state index is 11.4. The normalized spacial score (nSPS) is 11.1. The van der Waals surface area contributed by atoms with Crippen molar-refractivity contribution in [3.63, 3.8) is 0 Å². The van der Waals surface area contributed by atoms with Crippen LogP contribution in [0.2, 0.25) is 0 Å². The number of aromatic amines is 1. The molecule has 0 spiro atoms. The molecule has 0 saturated heterocycles. The standard InChI is InChI=1S/C18H16N2O4/c1-23-12-6-3-11(4-7-12)5-9-14-16-15(20-19-14)10-8-13(18(21)22)17(16)24-2/h3-10H,1-2H3,(H,19,20)(H,21,22). The van der Waals surface area contributed by atoms with Crippen LogP contribution in [-0.2, 0) is 0 Å². The van der Waals surface area contributed by atoms with E-state index < -0.39 is 5.97 Å². The predicted octanol–water partition coefficient (Wildman–Crippen LogP) is 3.45. The fraction of sp³-hybridized carbons (Fsp3) is 0.111. The second-order valence-electron chi connectivity index (χ2n) is 5.09. The van der Waals surface area contributed by atoms with Crippen molar-refractivity contribution < 1.29 is 19.4 Å². The van der Waals surface area contributed by atoms with Gasteiger partial charge in [0.15, 0.2) is 0 Å². The lowest BCUT2D eigenvalue weighted by molar-refractivity contribution is 0.0693. The molecule has 0 radical (unpaired) electrons. The van der Waals surface area contributed by atoms with E-state index >= 15 is 0 Å². The number of ether oxygens (including phenoxy) is 2. The predicted molar refractivity (Wildman–Crippen MR) is 91.5 cm³/mol. The molecule has 1 heterocycles. The molecule has 0 aliphatic heterocycles. The van der Waals surface area contributed by atoms with Gasteiger partial charge in [0.1, 0.15) is 17.1 Å². The minimum atomic E-state index is -1.04. The fourth-order valence-corrected chi connectivity index (χ4v) is 2.50. The molecule has 0 fully saturated rings. The summed E-state index contributed by atoms with van der Waals surface area (Å²) in [7, 11) is 3.07. The summed E-state index contributed by atoms with van der Waals surface area (Å²) in [6.45, 7) is 0. The zero-order valence-corrected chi connectivity index (χ0v) is 13.2. The molecule has 122 valence electrons. The van der Waals surface area contributed by atoms with Crippen LogP contribution in [0.1, 0.15) is 21.6 Å². The lowest BCUT2D eigenvalue weighted by Crippen LogP contribution is -2.00. The maximum atomic E-state index is 11.4. The third kappa shape index (κ3) is 2.81. The Kier molecular flexibility index (Phi) is 4.20. The Hall–Kier alpha value is -3.28. The van der Waals surface area contributed by atoms with E-state index in [1.54, 1.807) is 13.2 Å². The van der Waals surface area contributed by atoms with Crippen LogP contribution in [0.15, 0.2) is 36.4 Å². The van der Waals surface area contributed by atoms with E-state index in [0.717, 1.165) is 11.3 Å². The SMILES string of the molecule is COc1ccc(C=Cc2[nH]nc3ccc(C(=O)O)c(OC)c23)cc1. The lowest BCUT2D eigenvalue weighted by Gasteiger charge is -2.06. The van der Waals surface area contributed by atoms with Gasteiger partial charge in [0, 0.05) is 0 Å². The molecule has 0 unspecified atom stereocenters. The van der Waals surface area contributed by atoms with Crippen molar-refractivity contribution in [2.24, 2.45) is 0 Å². The van der Waals surface area contributed by atoms with Crippen molar-refractivity contribution in [1.82, 2.24) is 10.2 Å². The summed E-state index contributed by atoms with van der Waals surface area (Å²) in [5.41, 5.74) is 2.41. The van der Waals surface area contributed by atoms with Gasteiger partial charge in [-0.15, -0.1) is 0 Å². The maximum Gasteiger partial charge on any atom is 0.339 e. The molecule has 0 bridgehead atoms. The van der Waals surface area contributed by atoms with Crippen molar-refractivity contribution in [2.75, 3.05) is 14.2 Å². The van der Waals surface area contributed by atoms with Crippen molar-refractivity contribution in [3.8, 4) is 11.5 Å². The number of nitrogens with zero attached hydrogens (tertiary/aromatic N) is 1.